The molecule has 0 amide bonds. The van der Waals surface area contributed by atoms with Gasteiger partial charge < -0.3 is 9.15 Å². The molecule has 0 aliphatic carbocycles. The fourth-order valence-electron chi connectivity index (χ4n) is 6.15. The van der Waals surface area contributed by atoms with E-state index in [0.717, 1.165) is 37.1 Å². The van der Waals surface area contributed by atoms with Crippen LogP contribution in [0.3, 0.4) is 0 Å². The molecule has 278 valence electrons. The number of thioether (sulfide) groups is 1. The van der Waals surface area contributed by atoms with Gasteiger partial charge in [-0.3, -0.25) is 4.79 Å². The van der Waals surface area contributed by atoms with Crippen LogP contribution in [-0.2, 0) is 22.1 Å². The summed E-state index contributed by atoms with van der Waals surface area (Å²) >= 11 is 1.08. The molecular weight excluding hydrogens is 678 g/mol. The van der Waals surface area contributed by atoms with Gasteiger partial charge in [0.1, 0.15) is 5.58 Å². The zero-order valence-electron chi connectivity index (χ0n) is 30.5. The average Bonchev–Trinajstić information content (AvgIpc) is 2.96. The first-order chi connectivity index (χ1) is 22.8. The zero-order chi connectivity index (χ0) is 37.9. The van der Waals surface area contributed by atoms with E-state index in [4.69, 9.17) is 9.15 Å². The molecule has 0 fully saturated rings. The van der Waals surface area contributed by atoms with Crippen LogP contribution in [0.15, 0.2) is 56.6 Å². The van der Waals surface area contributed by atoms with Crippen LogP contribution in [0.1, 0.15) is 106 Å². The zero-order valence-corrected chi connectivity index (χ0v) is 31.3. The molecule has 0 radical (unpaired) electrons. The highest BCUT2D eigenvalue weighted by Gasteiger charge is 2.49. The van der Waals surface area contributed by atoms with Crippen LogP contribution in [0, 0.1) is 21.7 Å². The number of fused-ring (bicyclic) bond motifs is 1. The number of rotatable bonds is 13. The molecule has 4 nitrogen and oxygen atoms in total. The Balaban J connectivity index is 1.89. The first-order valence-electron chi connectivity index (χ1n) is 16.9. The van der Waals surface area contributed by atoms with E-state index in [1.54, 1.807) is 25.1 Å². The highest BCUT2D eigenvalue weighted by molar-refractivity contribution is 7.99. The smallest absolute Gasteiger partial charge is 0.417 e. The van der Waals surface area contributed by atoms with Crippen molar-refractivity contribution in [3.05, 3.63) is 64.0 Å². The maximum Gasteiger partial charge on any atom is 0.417 e. The number of halogens is 6. The number of aryl methyl sites for hydroxylation is 1. The molecule has 2 aromatic carbocycles. The van der Waals surface area contributed by atoms with E-state index in [1.165, 1.54) is 25.1 Å². The van der Waals surface area contributed by atoms with Gasteiger partial charge in [0.2, 0.25) is 0 Å². The van der Waals surface area contributed by atoms with Crippen molar-refractivity contribution in [1.29, 1.82) is 0 Å². The Hall–Kier alpha value is -2.95. The predicted molar refractivity (Wildman–Crippen MR) is 188 cm³/mol. The number of carbonyl (C=O) groups is 1. The fraction of sp³-hybridized carbons (Fsp3) is 0.590. The number of alkyl halides is 6. The maximum atomic E-state index is 14.1. The van der Waals surface area contributed by atoms with Crippen molar-refractivity contribution in [1.82, 2.24) is 0 Å². The lowest BCUT2D eigenvalue weighted by molar-refractivity contribution is -0.179. The lowest BCUT2D eigenvalue weighted by Crippen LogP contribution is -2.45. The molecule has 0 aliphatic rings. The van der Waals surface area contributed by atoms with Crippen LogP contribution in [0.4, 0.5) is 26.3 Å². The molecule has 1 heterocycles. The van der Waals surface area contributed by atoms with E-state index in [-0.39, 0.29) is 27.9 Å². The molecular formula is C39H50F6O4S. The Morgan fingerprint density at radius 1 is 0.820 bits per heavy atom. The van der Waals surface area contributed by atoms with Crippen molar-refractivity contribution in [2.75, 3.05) is 12.4 Å². The molecule has 0 aliphatic heterocycles. The summed E-state index contributed by atoms with van der Waals surface area (Å²) in [4.78, 5) is 27.1. The first kappa shape index (κ1) is 41.5. The second-order valence-electron chi connectivity index (χ2n) is 16.3. The standard InChI is InChI=1S/C39H50F6O4S/c1-10-11-12-13-25-14-17-28(30(18-25)39(43,44)45)29-19-26-15-16-27(20-31(26)49-32(29)46)50-24-36(8,22-38(40,41)42)23-48-33(47)37(9,35(5,6)7)21-34(2,3)4/h14-20H,10-13,21-24H2,1-9H3. The third-order valence-corrected chi connectivity index (χ3v) is 10.6. The van der Waals surface area contributed by atoms with E-state index in [0.29, 0.717) is 28.7 Å². The molecule has 11 heteroatoms. The number of carbonyl (C=O) groups excluding carboxylic acids is 1. The highest BCUT2D eigenvalue weighted by Crippen LogP contribution is 2.48. The summed E-state index contributed by atoms with van der Waals surface area (Å²) < 4.78 is 95.0. The first-order valence-corrected chi connectivity index (χ1v) is 17.9. The Morgan fingerprint density at radius 3 is 2.04 bits per heavy atom. The van der Waals surface area contributed by atoms with Crippen molar-refractivity contribution < 1.29 is 40.3 Å². The second kappa shape index (κ2) is 15.3. The minimum Gasteiger partial charge on any atom is -0.465 e. The normalized spacial score (nSPS) is 15.5. The minimum atomic E-state index is -4.70. The van der Waals surface area contributed by atoms with Crippen molar-refractivity contribution in [3.8, 4) is 11.1 Å². The molecule has 2 atom stereocenters. The number of hydrogen-bond donors (Lipinski definition) is 0. The summed E-state index contributed by atoms with van der Waals surface area (Å²) in [6.45, 7) is 16.5. The van der Waals surface area contributed by atoms with E-state index in [2.05, 4.69) is 0 Å². The summed E-state index contributed by atoms with van der Waals surface area (Å²) in [6, 6.07) is 9.95. The topological polar surface area (TPSA) is 56.5 Å². The third kappa shape index (κ3) is 11.0. The summed E-state index contributed by atoms with van der Waals surface area (Å²) in [5.41, 5.74) is -5.00. The molecule has 0 saturated heterocycles. The van der Waals surface area contributed by atoms with Gasteiger partial charge in [-0.15, -0.1) is 11.8 Å². The molecule has 0 N–H and O–H groups in total. The van der Waals surface area contributed by atoms with Crippen molar-refractivity contribution >= 4 is 28.7 Å². The molecule has 3 aromatic rings. The summed E-state index contributed by atoms with van der Waals surface area (Å²) in [5, 5.41) is 0.358. The van der Waals surface area contributed by atoms with Crippen LogP contribution in [0.25, 0.3) is 22.1 Å². The monoisotopic (exact) mass is 728 g/mol. The van der Waals surface area contributed by atoms with E-state index in [1.807, 2.05) is 48.5 Å². The lowest BCUT2D eigenvalue weighted by Gasteiger charge is -2.44. The summed E-state index contributed by atoms with van der Waals surface area (Å²) in [5.74, 6) is -0.639. The molecule has 50 heavy (non-hydrogen) atoms. The highest BCUT2D eigenvalue weighted by atomic mass is 32.2. The lowest BCUT2D eigenvalue weighted by atomic mass is 9.61. The number of benzene rings is 2. The van der Waals surface area contributed by atoms with E-state index < -0.39 is 58.8 Å². The second-order valence-corrected chi connectivity index (χ2v) is 17.3. The molecule has 0 spiro atoms. The van der Waals surface area contributed by atoms with E-state index in [9.17, 15) is 35.9 Å². The Bertz CT molecular complexity index is 1700. The van der Waals surface area contributed by atoms with Gasteiger partial charge in [0.15, 0.2) is 0 Å². The third-order valence-electron chi connectivity index (χ3n) is 9.21. The van der Waals surface area contributed by atoms with Gasteiger partial charge in [-0.2, -0.15) is 26.3 Å². The van der Waals surface area contributed by atoms with Crippen LogP contribution in [0.2, 0.25) is 0 Å². The van der Waals surface area contributed by atoms with Crippen LogP contribution >= 0.6 is 11.8 Å². The number of ether oxygens (including phenoxy) is 1. The van der Waals surface area contributed by atoms with Gasteiger partial charge in [-0.1, -0.05) is 86.4 Å². The van der Waals surface area contributed by atoms with Crippen LogP contribution in [0.5, 0.6) is 0 Å². The Morgan fingerprint density at radius 2 is 1.48 bits per heavy atom. The minimum absolute atomic E-state index is 0.0839. The van der Waals surface area contributed by atoms with Crippen molar-refractivity contribution in [3.63, 3.8) is 0 Å². The molecule has 0 bridgehead atoms. The number of unbranched alkanes of at least 4 members (excludes halogenated alkanes) is 2. The molecule has 2 unspecified atom stereocenters. The fourth-order valence-corrected chi connectivity index (χ4v) is 7.21. The Labute approximate surface area is 295 Å². The van der Waals surface area contributed by atoms with E-state index >= 15 is 0 Å². The molecule has 3 rings (SSSR count). The quantitative estimate of drug-likeness (QED) is 0.0577. The van der Waals surface area contributed by atoms with Crippen molar-refractivity contribution in [2.24, 2.45) is 21.7 Å². The molecule has 1 aromatic heterocycles. The average molecular weight is 729 g/mol. The SMILES string of the molecule is CCCCCc1ccc(-c2cc3ccc(SCC(C)(COC(=O)C(C)(CC(C)(C)C)C(C)(C)C)CC(F)(F)F)cc3oc2=O)c(C(F)(F)F)c1. The summed E-state index contributed by atoms with van der Waals surface area (Å²) in [7, 11) is 0. The summed E-state index contributed by atoms with van der Waals surface area (Å²) in [6.07, 6.45) is -6.90. The van der Waals surface area contributed by atoms with Gasteiger partial charge >= 0.3 is 23.9 Å². The van der Waals surface area contributed by atoms with Gasteiger partial charge in [0, 0.05) is 27.0 Å². The van der Waals surface area contributed by atoms with Crippen LogP contribution < -0.4 is 5.63 Å². The predicted octanol–water partition coefficient (Wildman–Crippen LogP) is 12.3. The van der Waals surface area contributed by atoms with Gasteiger partial charge in [0.05, 0.1) is 29.6 Å². The maximum absolute atomic E-state index is 14.1. The van der Waals surface area contributed by atoms with Gasteiger partial charge in [0.25, 0.3) is 0 Å². The molecule has 0 saturated carbocycles. The van der Waals surface area contributed by atoms with Gasteiger partial charge in [-0.05, 0) is 66.8 Å². The Kier molecular flexibility index (Phi) is 12.7. The largest absolute Gasteiger partial charge is 0.465 e. The van der Waals surface area contributed by atoms with Crippen LogP contribution in [-0.4, -0.2) is 24.5 Å². The number of hydrogen-bond acceptors (Lipinski definition) is 5. The van der Waals surface area contributed by atoms with Gasteiger partial charge in [-0.25, -0.2) is 4.79 Å². The van der Waals surface area contributed by atoms with Crippen molar-refractivity contribution in [2.45, 2.75) is 118 Å². The number of esters is 1.